The smallest absolute Gasteiger partial charge is 0.238 e. The maximum absolute atomic E-state index is 10.9. The third-order valence-electron chi connectivity index (χ3n) is 1.72. The fourth-order valence-corrected chi connectivity index (χ4v) is 1.09. The van der Waals surface area contributed by atoms with Gasteiger partial charge in [-0.25, -0.2) is 9.97 Å². The van der Waals surface area contributed by atoms with Crippen LogP contribution in [0.2, 0.25) is 0 Å². The van der Waals surface area contributed by atoms with Crippen LogP contribution in [0.15, 0.2) is 12.5 Å². The van der Waals surface area contributed by atoms with Crippen molar-refractivity contribution in [2.45, 2.75) is 12.8 Å². The zero-order chi connectivity index (χ0) is 8.39. The number of hydrogen-bond donors (Lipinski definition) is 2. The minimum absolute atomic E-state index is 0.0204. The molecule has 1 amide bonds. The van der Waals surface area contributed by atoms with E-state index in [1.165, 1.54) is 6.33 Å². The van der Waals surface area contributed by atoms with Crippen LogP contribution in [0.3, 0.4) is 0 Å². The lowest BCUT2D eigenvalue weighted by Gasteiger charge is -2.03. The SMILES string of the molecule is O=C1CCc2ncncc2NN1. The van der Waals surface area contributed by atoms with Gasteiger partial charge in [-0.05, 0) is 0 Å². The summed E-state index contributed by atoms with van der Waals surface area (Å²) in [6, 6.07) is 0. The van der Waals surface area contributed by atoms with Gasteiger partial charge in [0, 0.05) is 12.8 Å². The lowest BCUT2D eigenvalue weighted by atomic mass is 10.2. The molecule has 1 aromatic heterocycles. The van der Waals surface area contributed by atoms with Crippen LogP contribution in [-0.2, 0) is 11.2 Å². The van der Waals surface area contributed by atoms with E-state index in [1.54, 1.807) is 6.20 Å². The zero-order valence-corrected chi connectivity index (χ0v) is 6.37. The number of anilines is 1. The first-order valence-corrected chi connectivity index (χ1v) is 3.70. The Kier molecular flexibility index (Phi) is 1.62. The van der Waals surface area contributed by atoms with Gasteiger partial charge in [-0.15, -0.1) is 0 Å². The average Bonchev–Trinajstić information content (AvgIpc) is 2.29. The van der Waals surface area contributed by atoms with Gasteiger partial charge in [0.25, 0.3) is 0 Å². The third-order valence-corrected chi connectivity index (χ3v) is 1.72. The minimum atomic E-state index is -0.0204. The highest BCUT2D eigenvalue weighted by molar-refractivity contribution is 5.79. The summed E-state index contributed by atoms with van der Waals surface area (Å²) in [6.45, 7) is 0. The summed E-state index contributed by atoms with van der Waals surface area (Å²) in [5.74, 6) is -0.0204. The maximum Gasteiger partial charge on any atom is 0.238 e. The summed E-state index contributed by atoms with van der Waals surface area (Å²) in [4.78, 5) is 18.8. The second-order valence-corrected chi connectivity index (χ2v) is 2.56. The van der Waals surface area contributed by atoms with E-state index >= 15 is 0 Å². The van der Waals surface area contributed by atoms with E-state index in [9.17, 15) is 4.79 Å². The summed E-state index contributed by atoms with van der Waals surface area (Å²) in [5, 5.41) is 0. The molecular weight excluding hydrogens is 156 g/mol. The summed E-state index contributed by atoms with van der Waals surface area (Å²) in [6.07, 6.45) is 4.26. The number of nitrogens with zero attached hydrogens (tertiary/aromatic N) is 2. The number of carbonyl (C=O) groups excluding carboxylic acids is 1. The van der Waals surface area contributed by atoms with E-state index in [0.29, 0.717) is 12.8 Å². The Morgan fingerprint density at radius 2 is 2.25 bits per heavy atom. The normalized spacial score (nSPS) is 15.5. The van der Waals surface area contributed by atoms with Gasteiger partial charge in [0.1, 0.15) is 6.33 Å². The molecule has 1 aromatic rings. The van der Waals surface area contributed by atoms with Gasteiger partial charge < -0.3 is 0 Å². The molecule has 5 heteroatoms. The zero-order valence-electron chi connectivity index (χ0n) is 6.37. The van der Waals surface area contributed by atoms with Crippen molar-refractivity contribution in [3.8, 4) is 0 Å². The molecule has 12 heavy (non-hydrogen) atoms. The summed E-state index contributed by atoms with van der Waals surface area (Å²) in [5.41, 5.74) is 6.94. The fourth-order valence-electron chi connectivity index (χ4n) is 1.09. The first-order valence-electron chi connectivity index (χ1n) is 3.70. The second-order valence-electron chi connectivity index (χ2n) is 2.56. The molecule has 0 unspecified atom stereocenters. The summed E-state index contributed by atoms with van der Waals surface area (Å²) in [7, 11) is 0. The molecule has 0 atom stereocenters. The number of aryl methyl sites for hydroxylation is 1. The average molecular weight is 164 g/mol. The van der Waals surface area contributed by atoms with Crippen molar-refractivity contribution in [1.29, 1.82) is 0 Å². The topological polar surface area (TPSA) is 66.9 Å². The van der Waals surface area contributed by atoms with Gasteiger partial charge in [0.05, 0.1) is 17.6 Å². The lowest BCUT2D eigenvalue weighted by Crippen LogP contribution is -2.27. The molecule has 62 valence electrons. The van der Waals surface area contributed by atoms with Crippen LogP contribution in [0.25, 0.3) is 0 Å². The molecule has 0 radical (unpaired) electrons. The molecule has 1 aliphatic rings. The van der Waals surface area contributed by atoms with Crippen LogP contribution in [-0.4, -0.2) is 15.9 Å². The van der Waals surface area contributed by atoms with Crippen molar-refractivity contribution < 1.29 is 4.79 Å². The van der Waals surface area contributed by atoms with Crippen molar-refractivity contribution in [1.82, 2.24) is 15.4 Å². The molecule has 0 bridgehead atoms. The number of fused-ring (bicyclic) bond motifs is 1. The minimum Gasteiger partial charge on any atom is -0.295 e. The largest absolute Gasteiger partial charge is 0.295 e. The highest BCUT2D eigenvalue weighted by atomic mass is 16.2. The fraction of sp³-hybridized carbons (Fsp3) is 0.286. The standard InChI is InChI=1S/C7H8N4O/c12-7-2-1-5-6(10-11-7)3-8-4-9-5/h3-4,10H,1-2H2,(H,11,12). The molecule has 0 aromatic carbocycles. The highest BCUT2D eigenvalue weighted by Crippen LogP contribution is 2.13. The maximum atomic E-state index is 10.9. The molecule has 2 rings (SSSR count). The molecule has 0 fully saturated rings. The first kappa shape index (κ1) is 7.02. The first-order chi connectivity index (χ1) is 5.86. The van der Waals surface area contributed by atoms with Gasteiger partial charge >= 0.3 is 0 Å². The van der Waals surface area contributed by atoms with Gasteiger partial charge in [-0.3, -0.25) is 15.6 Å². The number of rotatable bonds is 0. The molecule has 2 N–H and O–H groups in total. The van der Waals surface area contributed by atoms with Gasteiger partial charge in [0.15, 0.2) is 0 Å². The van der Waals surface area contributed by atoms with Gasteiger partial charge in [0.2, 0.25) is 5.91 Å². The Morgan fingerprint density at radius 1 is 1.33 bits per heavy atom. The predicted octanol–water partition coefficient (Wildman–Crippen LogP) is -0.134. The molecule has 0 aliphatic carbocycles. The predicted molar refractivity (Wildman–Crippen MR) is 42.1 cm³/mol. The van der Waals surface area contributed by atoms with Crippen molar-refractivity contribution in [3.63, 3.8) is 0 Å². The highest BCUT2D eigenvalue weighted by Gasteiger charge is 2.11. The molecule has 5 nitrogen and oxygen atoms in total. The van der Waals surface area contributed by atoms with E-state index in [2.05, 4.69) is 20.8 Å². The van der Waals surface area contributed by atoms with E-state index in [0.717, 1.165) is 11.4 Å². The van der Waals surface area contributed by atoms with E-state index in [1.807, 2.05) is 0 Å². The summed E-state index contributed by atoms with van der Waals surface area (Å²) < 4.78 is 0. The Morgan fingerprint density at radius 3 is 3.17 bits per heavy atom. The Balaban J connectivity index is 2.32. The molecule has 0 saturated heterocycles. The number of aromatic nitrogens is 2. The number of hydrogen-bond acceptors (Lipinski definition) is 4. The van der Waals surface area contributed by atoms with Crippen molar-refractivity contribution in [2.24, 2.45) is 0 Å². The monoisotopic (exact) mass is 164 g/mol. The molecular formula is C7H8N4O. The van der Waals surface area contributed by atoms with E-state index in [4.69, 9.17) is 0 Å². The van der Waals surface area contributed by atoms with Crippen LogP contribution in [0.5, 0.6) is 0 Å². The van der Waals surface area contributed by atoms with Crippen molar-refractivity contribution in [2.75, 3.05) is 5.43 Å². The van der Waals surface area contributed by atoms with E-state index < -0.39 is 0 Å². The van der Waals surface area contributed by atoms with Crippen LogP contribution >= 0.6 is 0 Å². The molecule has 1 aliphatic heterocycles. The molecule has 0 saturated carbocycles. The Bertz CT molecular complexity index is 283. The number of hydrazine groups is 1. The molecule has 0 spiro atoms. The molecule has 2 heterocycles. The Labute approximate surface area is 69.2 Å². The van der Waals surface area contributed by atoms with Crippen LogP contribution < -0.4 is 10.9 Å². The van der Waals surface area contributed by atoms with Crippen LogP contribution in [0.4, 0.5) is 5.69 Å². The van der Waals surface area contributed by atoms with Crippen molar-refractivity contribution >= 4 is 11.6 Å². The second kappa shape index (κ2) is 2.77. The number of amides is 1. The van der Waals surface area contributed by atoms with Crippen LogP contribution in [0, 0.1) is 0 Å². The summed E-state index contributed by atoms with van der Waals surface area (Å²) >= 11 is 0. The Hall–Kier alpha value is -1.65. The lowest BCUT2D eigenvalue weighted by molar-refractivity contribution is -0.120. The van der Waals surface area contributed by atoms with Gasteiger partial charge in [-0.2, -0.15) is 0 Å². The van der Waals surface area contributed by atoms with Crippen LogP contribution in [0.1, 0.15) is 12.1 Å². The number of carbonyl (C=O) groups is 1. The van der Waals surface area contributed by atoms with E-state index in [-0.39, 0.29) is 5.91 Å². The van der Waals surface area contributed by atoms with Gasteiger partial charge in [-0.1, -0.05) is 0 Å². The third kappa shape index (κ3) is 1.20. The number of nitrogens with one attached hydrogen (secondary N) is 2. The quantitative estimate of drug-likeness (QED) is 0.560. The van der Waals surface area contributed by atoms with Crippen molar-refractivity contribution in [3.05, 3.63) is 18.2 Å².